The van der Waals surface area contributed by atoms with Crippen LogP contribution in [-0.2, 0) is 18.7 Å². The van der Waals surface area contributed by atoms with Crippen molar-refractivity contribution in [3.8, 4) is 0 Å². The monoisotopic (exact) mass is 447 g/mol. The third-order valence-electron chi connectivity index (χ3n) is 5.59. The average Bonchev–Trinajstić information content (AvgIpc) is 3.23. The van der Waals surface area contributed by atoms with Crippen LogP contribution in [0.5, 0.6) is 0 Å². The Morgan fingerprint density at radius 3 is 2.32 bits per heavy atom. The van der Waals surface area contributed by atoms with Gasteiger partial charge in [-0.15, -0.1) is 0 Å². The summed E-state index contributed by atoms with van der Waals surface area (Å²) in [6.07, 6.45) is 2.83. The number of β-amino-alcohol motifs (C(OH)–C–C–N with tert-alkyl or cyclic N) is 1. The van der Waals surface area contributed by atoms with Gasteiger partial charge in [-0.3, -0.25) is 9.80 Å². The molecule has 0 saturated carbocycles. The number of hydrogen-bond acceptors (Lipinski definition) is 5. The molecular formula is C22H24ClF2N5O. The maximum Gasteiger partial charge on any atom is 0.137 e. The van der Waals surface area contributed by atoms with Gasteiger partial charge in [-0.05, 0) is 23.8 Å². The van der Waals surface area contributed by atoms with Gasteiger partial charge < -0.3 is 5.11 Å². The molecule has 2 heterocycles. The predicted octanol–water partition coefficient (Wildman–Crippen LogP) is 2.92. The molecule has 2 aromatic carbocycles. The van der Waals surface area contributed by atoms with Crippen molar-refractivity contribution in [3.63, 3.8) is 0 Å². The number of aromatic nitrogens is 3. The number of nitrogens with zero attached hydrogens (tertiary/aromatic N) is 5. The molecule has 3 aromatic rings. The van der Waals surface area contributed by atoms with Gasteiger partial charge in [0.05, 0.1) is 6.54 Å². The van der Waals surface area contributed by atoms with Gasteiger partial charge in [-0.2, -0.15) is 5.10 Å². The largest absolute Gasteiger partial charge is 0.382 e. The summed E-state index contributed by atoms with van der Waals surface area (Å²) < 4.78 is 29.5. The fraction of sp³-hybridized carbons (Fsp3) is 0.364. The topological polar surface area (TPSA) is 57.4 Å². The third-order valence-corrected chi connectivity index (χ3v) is 5.84. The Bertz CT molecular complexity index is 994. The molecule has 164 valence electrons. The summed E-state index contributed by atoms with van der Waals surface area (Å²) in [5, 5.41) is 16.2. The van der Waals surface area contributed by atoms with Gasteiger partial charge in [0.1, 0.15) is 29.9 Å². The quantitative estimate of drug-likeness (QED) is 0.603. The average molecular weight is 448 g/mol. The summed E-state index contributed by atoms with van der Waals surface area (Å²) in [5.74, 6) is -1.45. The molecule has 9 heteroatoms. The SMILES string of the molecule is OC(CN1CCN(Cc2ccc(Cl)cc2)CC1)(Cn1cncn1)c1ccc(F)cc1F. The highest BCUT2D eigenvalue weighted by molar-refractivity contribution is 6.30. The van der Waals surface area contributed by atoms with E-state index in [4.69, 9.17) is 11.6 Å². The molecule has 1 unspecified atom stereocenters. The molecule has 1 aliphatic rings. The van der Waals surface area contributed by atoms with E-state index in [1.165, 1.54) is 29.0 Å². The normalized spacial score (nSPS) is 17.5. The van der Waals surface area contributed by atoms with Crippen LogP contribution in [-0.4, -0.2) is 62.4 Å². The van der Waals surface area contributed by atoms with E-state index in [9.17, 15) is 13.9 Å². The fourth-order valence-electron chi connectivity index (χ4n) is 3.99. The highest BCUT2D eigenvalue weighted by atomic mass is 35.5. The first-order valence-electron chi connectivity index (χ1n) is 10.1. The number of halogens is 3. The minimum Gasteiger partial charge on any atom is -0.382 e. The molecule has 1 aliphatic heterocycles. The molecule has 1 N–H and O–H groups in total. The molecule has 0 bridgehead atoms. The standard InChI is InChI=1S/C22H24ClF2N5O/c23-18-3-1-17(2-4-18)12-28-7-9-29(10-8-28)13-22(31,14-30-16-26-15-27-30)20-6-5-19(24)11-21(20)25/h1-6,11,15-16,31H,7-10,12-14H2. The molecule has 0 amide bonds. The van der Waals surface area contributed by atoms with Crippen LogP contribution in [0.1, 0.15) is 11.1 Å². The fourth-order valence-corrected chi connectivity index (χ4v) is 4.12. The first-order chi connectivity index (χ1) is 14.9. The van der Waals surface area contributed by atoms with Crippen LogP contribution in [0.4, 0.5) is 8.78 Å². The van der Waals surface area contributed by atoms with Gasteiger partial charge in [0.15, 0.2) is 0 Å². The lowest BCUT2D eigenvalue weighted by Gasteiger charge is -2.39. The van der Waals surface area contributed by atoms with Crippen LogP contribution in [0.3, 0.4) is 0 Å². The minimum atomic E-state index is -1.58. The van der Waals surface area contributed by atoms with E-state index < -0.39 is 17.2 Å². The molecule has 0 aliphatic carbocycles. The highest BCUT2D eigenvalue weighted by Gasteiger charge is 2.36. The molecule has 0 spiro atoms. The van der Waals surface area contributed by atoms with Crippen molar-refractivity contribution in [2.24, 2.45) is 0 Å². The van der Waals surface area contributed by atoms with Gasteiger partial charge in [-0.1, -0.05) is 29.8 Å². The number of hydrogen-bond donors (Lipinski definition) is 1. The van der Waals surface area contributed by atoms with E-state index in [1.54, 1.807) is 0 Å². The lowest BCUT2D eigenvalue weighted by atomic mass is 9.92. The molecule has 6 nitrogen and oxygen atoms in total. The summed E-state index contributed by atoms with van der Waals surface area (Å²) in [6.45, 7) is 4.10. The van der Waals surface area contributed by atoms with Crippen molar-refractivity contribution < 1.29 is 13.9 Å². The Morgan fingerprint density at radius 2 is 1.68 bits per heavy atom. The van der Waals surface area contributed by atoms with Gasteiger partial charge in [0.2, 0.25) is 0 Å². The van der Waals surface area contributed by atoms with E-state index >= 15 is 0 Å². The smallest absolute Gasteiger partial charge is 0.137 e. The lowest BCUT2D eigenvalue weighted by molar-refractivity contribution is -0.0324. The lowest BCUT2D eigenvalue weighted by Crippen LogP contribution is -2.52. The minimum absolute atomic E-state index is 0.0144. The van der Waals surface area contributed by atoms with E-state index in [0.29, 0.717) is 5.02 Å². The second-order valence-corrected chi connectivity index (χ2v) is 8.36. The molecule has 1 atom stereocenters. The molecule has 4 rings (SSSR count). The summed E-state index contributed by atoms with van der Waals surface area (Å²) in [5.41, 5.74) is -0.342. The molecule has 31 heavy (non-hydrogen) atoms. The zero-order valence-electron chi connectivity index (χ0n) is 17.0. The maximum absolute atomic E-state index is 14.6. The third kappa shape index (κ3) is 5.46. The molecule has 0 radical (unpaired) electrons. The maximum atomic E-state index is 14.6. The number of aliphatic hydroxyl groups is 1. The van der Waals surface area contributed by atoms with E-state index in [-0.39, 0.29) is 18.7 Å². The Kier molecular flexibility index (Phi) is 6.62. The highest BCUT2D eigenvalue weighted by Crippen LogP contribution is 2.28. The van der Waals surface area contributed by atoms with Crippen LogP contribution in [0.2, 0.25) is 5.02 Å². The van der Waals surface area contributed by atoms with Gasteiger partial charge in [-0.25, -0.2) is 18.4 Å². The summed E-state index contributed by atoms with van der Waals surface area (Å²) in [4.78, 5) is 8.32. The van der Waals surface area contributed by atoms with Gasteiger partial charge in [0.25, 0.3) is 0 Å². The molecule has 1 saturated heterocycles. The second kappa shape index (κ2) is 9.40. The van der Waals surface area contributed by atoms with E-state index in [2.05, 4.69) is 19.9 Å². The van der Waals surface area contributed by atoms with Crippen LogP contribution < -0.4 is 0 Å². The summed E-state index contributed by atoms with van der Waals surface area (Å²) in [6, 6.07) is 11.1. The van der Waals surface area contributed by atoms with E-state index in [1.807, 2.05) is 24.3 Å². The van der Waals surface area contributed by atoms with Crippen molar-refractivity contribution in [2.45, 2.75) is 18.7 Å². The van der Waals surface area contributed by atoms with Crippen molar-refractivity contribution in [1.82, 2.24) is 24.6 Å². The zero-order valence-corrected chi connectivity index (χ0v) is 17.7. The zero-order chi connectivity index (χ0) is 21.8. The molecule has 1 aromatic heterocycles. The predicted molar refractivity (Wildman–Crippen MR) is 113 cm³/mol. The first-order valence-corrected chi connectivity index (χ1v) is 10.5. The molecular weight excluding hydrogens is 424 g/mol. The van der Waals surface area contributed by atoms with Crippen LogP contribution in [0.15, 0.2) is 55.1 Å². The van der Waals surface area contributed by atoms with Crippen LogP contribution >= 0.6 is 11.6 Å². The number of piperazine rings is 1. The van der Waals surface area contributed by atoms with Crippen molar-refractivity contribution in [3.05, 3.63) is 82.9 Å². The van der Waals surface area contributed by atoms with Crippen LogP contribution in [0, 0.1) is 11.6 Å². The number of rotatable bonds is 7. The van der Waals surface area contributed by atoms with Crippen molar-refractivity contribution in [1.29, 1.82) is 0 Å². The Morgan fingerprint density at radius 1 is 0.968 bits per heavy atom. The Labute approximate surface area is 184 Å². The Balaban J connectivity index is 1.44. The first kappa shape index (κ1) is 21.8. The van der Waals surface area contributed by atoms with Gasteiger partial charge in [0, 0.05) is 55.9 Å². The summed E-state index contributed by atoms with van der Waals surface area (Å²) in [7, 11) is 0. The van der Waals surface area contributed by atoms with Crippen molar-refractivity contribution in [2.75, 3.05) is 32.7 Å². The van der Waals surface area contributed by atoms with Crippen molar-refractivity contribution >= 4 is 11.6 Å². The van der Waals surface area contributed by atoms with E-state index in [0.717, 1.165) is 44.9 Å². The summed E-state index contributed by atoms with van der Waals surface area (Å²) >= 11 is 5.95. The van der Waals surface area contributed by atoms with Gasteiger partial charge >= 0.3 is 0 Å². The Hall–Kier alpha value is -2.39. The second-order valence-electron chi connectivity index (χ2n) is 7.93. The molecule has 1 fully saturated rings. The van der Waals surface area contributed by atoms with Crippen LogP contribution in [0.25, 0.3) is 0 Å². The number of benzene rings is 2.